The van der Waals surface area contributed by atoms with Crippen LogP contribution >= 0.6 is 11.8 Å². The number of thioether (sulfide) groups is 1. The quantitative estimate of drug-likeness (QED) is 0.542. The van der Waals surface area contributed by atoms with Crippen molar-refractivity contribution < 1.29 is 14.3 Å². The van der Waals surface area contributed by atoms with Gasteiger partial charge in [0.15, 0.2) is 6.61 Å². The van der Waals surface area contributed by atoms with Crippen molar-refractivity contribution in [1.29, 1.82) is 5.26 Å². The van der Waals surface area contributed by atoms with E-state index in [1.54, 1.807) is 7.05 Å². The topological polar surface area (TPSA) is 70.4 Å². The Morgan fingerprint density at radius 1 is 1.14 bits per heavy atom. The van der Waals surface area contributed by atoms with Gasteiger partial charge >= 0.3 is 5.97 Å². The Labute approximate surface area is 169 Å². The smallest absolute Gasteiger partial charge is 0.316 e. The number of carbonyl (C=O) groups is 2. The molecule has 0 unspecified atom stereocenters. The summed E-state index contributed by atoms with van der Waals surface area (Å²) in [4.78, 5) is 26.9. The van der Waals surface area contributed by atoms with Crippen LogP contribution in [0.1, 0.15) is 32.1 Å². The standard InChI is InChI=1S/C22H24N2O3S/c1-24(22(16-23)11-5-2-6-12-22)20(25)14-27-21(26)15-28-19-10-9-17-7-3-4-8-18(17)13-19/h3-4,7-10,13H,2,5-6,11-12,14-15H2,1H3. The van der Waals surface area contributed by atoms with Gasteiger partial charge in [-0.1, -0.05) is 49.6 Å². The Bertz CT molecular complexity index is 900. The maximum Gasteiger partial charge on any atom is 0.316 e. The second-order valence-electron chi connectivity index (χ2n) is 7.12. The van der Waals surface area contributed by atoms with Gasteiger partial charge in [0.1, 0.15) is 5.54 Å². The molecule has 5 nitrogen and oxygen atoms in total. The van der Waals surface area contributed by atoms with Gasteiger partial charge in [-0.05, 0) is 35.7 Å². The molecule has 0 atom stereocenters. The van der Waals surface area contributed by atoms with E-state index >= 15 is 0 Å². The first-order chi connectivity index (χ1) is 13.5. The average molecular weight is 397 g/mol. The highest BCUT2D eigenvalue weighted by molar-refractivity contribution is 8.00. The van der Waals surface area contributed by atoms with Gasteiger partial charge in [-0.15, -0.1) is 11.8 Å². The van der Waals surface area contributed by atoms with Gasteiger partial charge in [-0.3, -0.25) is 9.59 Å². The van der Waals surface area contributed by atoms with Gasteiger partial charge in [0.25, 0.3) is 5.91 Å². The Balaban J connectivity index is 1.49. The van der Waals surface area contributed by atoms with E-state index in [1.165, 1.54) is 16.7 Å². The van der Waals surface area contributed by atoms with Crippen molar-refractivity contribution in [2.45, 2.75) is 42.5 Å². The molecule has 1 aliphatic carbocycles. The van der Waals surface area contributed by atoms with Gasteiger partial charge < -0.3 is 9.64 Å². The van der Waals surface area contributed by atoms with E-state index in [4.69, 9.17) is 4.74 Å². The molecule has 1 amide bonds. The molecule has 0 radical (unpaired) electrons. The van der Waals surface area contributed by atoms with E-state index in [2.05, 4.69) is 6.07 Å². The molecule has 3 rings (SSSR count). The molecule has 0 heterocycles. The molecule has 0 bridgehead atoms. The lowest BCUT2D eigenvalue weighted by Gasteiger charge is -2.38. The Kier molecular flexibility index (Phi) is 6.58. The molecule has 2 aromatic carbocycles. The van der Waals surface area contributed by atoms with Gasteiger partial charge in [0.05, 0.1) is 11.8 Å². The molecule has 1 fully saturated rings. The van der Waals surface area contributed by atoms with Crippen LogP contribution in [0.15, 0.2) is 47.4 Å². The zero-order valence-electron chi connectivity index (χ0n) is 16.0. The largest absolute Gasteiger partial charge is 0.455 e. The Morgan fingerprint density at radius 2 is 1.86 bits per heavy atom. The van der Waals surface area contributed by atoms with E-state index < -0.39 is 11.5 Å². The molecule has 0 N–H and O–H groups in total. The number of fused-ring (bicyclic) bond motifs is 1. The SMILES string of the molecule is CN(C(=O)COC(=O)CSc1ccc2ccccc2c1)C1(C#N)CCCCC1. The summed E-state index contributed by atoms with van der Waals surface area (Å²) in [5.41, 5.74) is -0.762. The summed E-state index contributed by atoms with van der Waals surface area (Å²) in [5, 5.41) is 11.8. The zero-order chi connectivity index (χ0) is 20.0. The summed E-state index contributed by atoms with van der Waals surface area (Å²) >= 11 is 1.38. The van der Waals surface area contributed by atoms with Crippen LogP contribution in [0.4, 0.5) is 0 Å². The fourth-order valence-corrected chi connectivity index (χ4v) is 4.32. The number of esters is 1. The van der Waals surface area contributed by atoms with Crippen LogP contribution in [0.3, 0.4) is 0 Å². The highest BCUT2D eigenvalue weighted by Crippen LogP contribution is 2.32. The molecule has 146 valence electrons. The second-order valence-corrected chi connectivity index (χ2v) is 8.16. The van der Waals surface area contributed by atoms with E-state index in [-0.39, 0.29) is 18.3 Å². The molecule has 1 aliphatic rings. The second kappa shape index (κ2) is 9.11. The maximum absolute atomic E-state index is 12.4. The fraction of sp³-hybridized carbons (Fsp3) is 0.409. The summed E-state index contributed by atoms with van der Waals surface area (Å²) < 4.78 is 5.15. The fourth-order valence-electron chi connectivity index (χ4n) is 3.58. The van der Waals surface area contributed by atoms with Crippen LogP contribution in [-0.4, -0.2) is 41.7 Å². The van der Waals surface area contributed by atoms with Crippen LogP contribution < -0.4 is 0 Å². The number of nitriles is 1. The monoisotopic (exact) mass is 396 g/mol. The number of likely N-dealkylation sites (N-methyl/N-ethyl adjacent to an activating group) is 1. The number of ether oxygens (including phenoxy) is 1. The van der Waals surface area contributed by atoms with Crippen molar-refractivity contribution >= 4 is 34.4 Å². The molecule has 0 saturated heterocycles. The van der Waals surface area contributed by atoms with Crippen molar-refractivity contribution in [3.63, 3.8) is 0 Å². The van der Waals surface area contributed by atoms with Crippen LogP contribution in [0.25, 0.3) is 10.8 Å². The molecule has 1 saturated carbocycles. The molecule has 0 aromatic heterocycles. The summed E-state index contributed by atoms with van der Waals surface area (Å²) in [6.45, 7) is -0.322. The number of rotatable bonds is 6. The summed E-state index contributed by atoms with van der Waals surface area (Å²) in [6, 6.07) is 16.4. The van der Waals surface area contributed by atoms with Crippen molar-refractivity contribution in [1.82, 2.24) is 4.90 Å². The van der Waals surface area contributed by atoms with Crippen LogP contribution in [0.2, 0.25) is 0 Å². The highest BCUT2D eigenvalue weighted by atomic mass is 32.2. The number of nitrogens with zero attached hydrogens (tertiary/aromatic N) is 2. The third-order valence-corrected chi connectivity index (χ3v) is 6.31. The third kappa shape index (κ3) is 4.66. The molecule has 6 heteroatoms. The molecular formula is C22H24N2O3S. The van der Waals surface area contributed by atoms with Gasteiger partial charge in [-0.25, -0.2) is 0 Å². The maximum atomic E-state index is 12.4. The summed E-state index contributed by atoms with van der Waals surface area (Å²) in [7, 11) is 1.63. The summed E-state index contributed by atoms with van der Waals surface area (Å²) in [6.07, 6.45) is 4.32. The van der Waals surface area contributed by atoms with Crippen LogP contribution in [0, 0.1) is 11.3 Å². The first-order valence-corrected chi connectivity index (χ1v) is 10.5. The Hall–Kier alpha value is -2.52. The van der Waals surface area contributed by atoms with E-state index in [0.29, 0.717) is 12.8 Å². The zero-order valence-corrected chi connectivity index (χ0v) is 16.8. The minimum atomic E-state index is -0.762. The van der Waals surface area contributed by atoms with E-state index in [0.717, 1.165) is 34.9 Å². The van der Waals surface area contributed by atoms with Crippen LogP contribution in [-0.2, 0) is 14.3 Å². The summed E-state index contributed by atoms with van der Waals surface area (Å²) in [5.74, 6) is -0.624. The number of amides is 1. The predicted molar refractivity (Wildman–Crippen MR) is 110 cm³/mol. The lowest BCUT2D eigenvalue weighted by molar-refractivity contribution is -0.151. The van der Waals surface area contributed by atoms with Crippen molar-refractivity contribution in [2.24, 2.45) is 0 Å². The lowest BCUT2D eigenvalue weighted by Crippen LogP contribution is -2.51. The molecular weight excluding hydrogens is 372 g/mol. The normalized spacial score (nSPS) is 15.6. The predicted octanol–water partition coefficient (Wildman–Crippen LogP) is 4.16. The average Bonchev–Trinajstić information content (AvgIpc) is 2.75. The first-order valence-electron chi connectivity index (χ1n) is 9.49. The minimum absolute atomic E-state index is 0.138. The van der Waals surface area contributed by atoms with Gasteiger partial charge in [-0.2, -0.15) is 5.26 Å². The third-order valence-electron chi connectivity index (χ3n) is 5.34. The Morgan fingerprint density at radius 3 is 2.57 bits per heavy atom. The minimum Gasteiger partial charge on any atom is -0.455 e. The number of benzene rings is 2. The first kappa shape index (κ1) is 20.2. The van der Waals surface area contributed by atoms with Gasteiger partial charge in [0, 0.05) is 11.9 Å². The van der Waals surface area contributed by atoms with Gasteiger partial charge in [0.2, 0.25) is 0 Å². The molecule has 0 aliphatic heterocycles. The van der Waals surface area contributed by atoms with Crippen molar-refractivity contribution in [3.8, 4) is 6.07 Å². The highest BCUT2D eigenvalue weighted by Gasteiger charge is 2.38. The lowest BCUT2D eigenvalue weighted by atomic mass is 9.81. The van der Waals surface area contributed by atoms with Crippen LogP contribution in [0.5, 0.6) is 0 Å². The van der Waals surface area contributed by atoms with Crippen molar-refractivity contribution in [3.05, 3.63) is 42.5 Å². The number of hydrogen-bond acceptors (Lipinski definition) is 5. The van der Waals surface area contributed by atoms with Crippen molar-refractivity contribution in [2.75, 3.05) is 19.4 Å². The molecule has 2 aromatic rings. The number of carbonyl (C=O) groups excluding carboxylic acids is 2. The molecule has 28 heavy (non-hydrogen) atoms. The van der Waals surface area contributed by atoms with E-state index in [9.17, 15) is 14.9 Å². The molecule has 0 spiro atoms. The number of hydrogen-bond donors (Lipinski definition) is 0. The van der Waals surface area contributed by atoms with E-state index in [1.807, 2.05) is 42.5 Å².